The van der Waals surface area contributed by atoms with Crippen LogP contribution in [0.2, 0.25) is 0 Å². The fraction of sp³-hybridized carbons (Fsp3) is 0.750. The molecule has 0 aliphatic carbocycles. The lowest BCUT2D eigenvalue weighted by atomic mass is 10.4. The summed E-state index contributed by atoms with van der Waals surface area (Å²) in [5.41, 5.74) is 0. The number of hydrogen-bond donors (Lipinski definition) is 2. The van der Waals surface area contributed by atoms with Crippen LogP contribution in [0.3, 0.4) is 0 Å². The summed E-state index contributed by atoms with van der Waals surface area (Å²) in [5.74, 6) is -0.126. The third-order valence-electron chi connectivity index (χ3n) is 1.39. The summed E-state index contributed by atoms with van der Waals surface area (Å²) in [4.78, 5) is 11.0. The summed E-state index contributed by atoms with van der Waals surface area (Å²) in [6.45, 7) is 2.86. The van der Waals surface area contributed by atoms with Crippen LogP contribution < -0.4 is 10.6 Å². The third-order valence-corrected chi connectivity index (χ3v) is 1.39. The standard InChI is InChI=1S/C8H15N3O2/c1-7(5-9)11-6-8(12)10-3-4-13-2/h7,11H,3-4,6H2,1-2H3,(H,10,12). The molecule has 1 atom stereocenters. The summed E-state index contributed by atoms with van der Waals surface area (Å²) in [7, 11) is 1.57. The Morgan fingerprint density at radius 3 is 2.92 bits per heavy atom. The normalized spacial score (nSPS) is 11.8. The van der Waals surface area contributed by atoms with Crippen molar-refractivity contribution < 1.29 is 9.53 Å². The van der Waals surface area contributed by atoms with Gasteiger partial charge in [-0.05, 0) is 6.92 Å². The molecule has 0 saturated carbocycles. The predicted molar refractivity (Wildman–Crippen MR) is 48.0 cm³/mol. The maximum atomic E-state index is 11.0. The van der Waals surface area contributed by atoms with Crippen molar-refractivity contribution in [3.8, 4) is 6.07 Å². The van der Waals surface area contributed by atoms with Crippen LogP contribution in [0.5, 0.6) is 0 Å². The number of amides is 1. The van der Waals surface area contributed by atoms with Crippen LogP contribution in [0.1, 0.15) is 6.92 Å². The third kappa shape index (κ3) is 7.25. The Labute approximate surface area is 78.1 Å². The topological polar surface area (TPSA) is 74.2 Å². The minimum Gasteiger partial charge on any atom is -0.383 e. The van der Waals surface area contributed by atoms with Gasteiger partial charge in [-0.2, -0.15) is 5.26 Å². The predicted octanol–water partition coefficient (Wildman–Crippen LogP) is -0.749. The van der Waals surface area contributed by atoms with E-state index >= 15 is 0 Å². The fourth-order valence-corrected chi connectivity index (χ4v) is 0.646. The monoisotopic (exact) mass is 185 g/mol. The Hall–Kier alpha value is -1.12. The lowest BCUT2D eigenvalue weighted by Crippen LogP contribution is -2.38. The molecule has 0 aromatic heterocycles. The number of carbonyl (C=O) groups is 1. The Kier molecular flexibility index (Phi) is 6.88. The minimum atomic E-state index is -0.298. The van der Waals surface area contributed by atoms with Gasteiger partial charge < -0.3 is 10.1 Å². The van der Waals surface area contributed by atoms with Gasteiger partial charge >= 0.3 is 0 Å². The van der Waals surface area contributed by atoms with Crippen molar-refractivity contribution in [1.29, 1.82) is 5.26 Å². The highest BCUT2D eigenvalue weighted by Crippen LogP contribution is 1.75. The van der Waals surface area contributed by atoms with E-state index in [1.807, 2.05) is 6.07 Å². The molecule has 5 heteroatoms. The van der Waals surface area contributed by atoms with Crippen LogP contribution in [0.25, 0.3) is 0 Å². The first-order valence-corrected chi connectivity index (χ1v) is 4.09. The van der Waals surface area contributed by atoms with Crippen molar-refractivity contribution in [2.24, 2.45) is 0 Å². The van der Waals surface area contributed by atoms with Gasteiger partial charge in [-0.3, -0.25) is 10.1 Å². The molecule has 0 bridgehead atoms. The number of nitrogens with one attached hydrogen (secondary N) is 2. The highest BCUT2D eigenvalue weighted by Gasteiger charge is 2.02. The van der Waals surface area contributed by atoms with Crippen molar-refractivity contribution in [3.05, 3.63) is 0 Å². The van der Waals surface area contributed by atoms with Crippen LogP contribution in [-0.2, 0) is 9.53 Å². The number of hydrogen-bond acceptors (Lipinski definition) is 4. The van der Waals surface area contributed by atoms with Gasteiger partial charge in [-0.15, -0.1) is 0 Å². The molecule has 5 nitrogen and oxygen atoms in total. The van der Waals surface area contributed by atoms with E-state index in [1.165, 1.54) is 0 Å². The van der Waals surface area contributed by atoms with Crippen LogP contribution in [0, 0.1) is 11.3 Å². The summed E-state index contributed by atoms with van der Waals surface area (Å²) in [5, 5.41) is 13.8. The summed E-state index contributed by atoms with van der Waals surface area (Å²) >= 11 is 0. The summed E-state index contributed by atoms with van der Waals surface area (Å²) in [6, 6.07) is 1.67. The molecule has 0 aromatic carbocycles. The lowest BCUT2D eigenvalue weighted by molar-refractivity contribution is -0.120. The van der Waals surface area contributed by atoms with E-state index in [0.29, 0.717) is 13.2 Å². The first kappa shape index (κ1) is 11.9. The zero-order chi connectivity index (χ0) is 10.1. The molecule has 1 amide bonds. The molecule has 0 aliphatic heterocycles. The van der Waals surface area contributed by atoms with Gasteiger partial charge in [0.1, 0.15) is 0 Å². The average molecular weight is 185 g/mol. The Morgan fingerprint density at radius 1 is 1.69 bits per heavy atom. The quantitative estimate of drug-likeness (QED) is 0.534. The average Bonchev–Trinajstić information content (AvgIpc) is 2.14. The van der Waals surface area contributed by atoms with E-state index in [1.54, 1.807) is 14.0 Å². The molecule has 74 valence electrons. The van der Waals surface area contributed by atoms with Crippen LogP contribution in [-0.4, -0.2) is 38.8 Å². The second-order valence-corrected chi connectivity index (χ2v) is 2.57. The van der Waals surface area contributed by atoms with Gasteiger partial charge in [-0.25, -0.2) is 0 Å². The number of methoxy groups -OCH3 is 1. The molecule has 0 fully saturated rings. The number of nitriles is 1. The van der Waals surface area contributed by atoms with E-state index in [-0.39, 0.29) is 18.5 Å². The molecular formula is C8H15N3O2. The van der Waals surface area contributed by atoms with E-state index in [4.69, 9.17) is 10.00 Å². The zero-order valence-electron chi connectivity index (χ0n) is 7.96. The molecule has 0 heterocycles. The molecule has 0 aromatic rings. The van der Waals surface area contributed by atoms with Gasteiger partial charge in [0, 0.05) is 13.7 Å². The van der Waals surface area contributed by atoms with Gasteiger partial charge in [0.25, 0.3) is 0 Å². The molecule has 1 unspecified atom stereocenters. The smallest absolute Gasteiger partial charge is 0.234 e. The second-order valence-electron chi connectivity index (χ2n) is 2.57. The van der Waals surface area contributed by atoms with Gasteiger partial charge in [-0.1, -0.05) is 0 Å². The largest absolute Gasteiger partial charge is 0.383 e. The fourth-order valence-electron chi connectivity index (χ4n) is 0.646. The van der Waals surface area contributed by atoms with Gasteiger partial charge in [0.15, 0.2) is 0 Å². The van der Waals surface area contributed by atoms with E-state index < -0.39 is 0 Å². The number of ether oxygens (including phenoxy) is 1. The van der Waals surface area contributed by atoms with Crippen molar-refractivity contribution in [2.75, 3.05) is 26.8 Å². The molecule has 0 saturated heterocycles. The lowest BCUT2D eigenvalue weighted by Gasteiger charge is -2.06. The Balaban J connectivity index is 3.36. The molecular weight excluding hydrogens is 170 g/mol. The zero-order valence-corrected chi connectivity index (χ0v) is 7.96. The highest BCUT2D eigenvalue weighted by atomic mass is 16.5. The van der Waals surface area contributed by atoms with Crippen molar-refractivity contribution >= 4 is 5.91 Å². The van der Waals surface area contributed by atoms with Crippen molar-refractivity contribution in [1.82, 2.24) is 10.6 Å². The number of rotatable bonds is 6. The van der Waals surface area contributed by atoms with Gasteiger partial charge in [0.05, 0.1) is 25.3 Å². The second kappa shape index (κ2) is 7.53. The molecule has 0 aliphatic rings. The molecule has 0 spiro atoms. The molecule has 0 rings (SSSR count). The van der Waals surface area contributed by atoms with Gasteiger partial charge in [0.2, 0.25) is 5.91 Å². The van der Waals surface area contributed by atoms with Crippen LogP contribution >= 0.6 is 0 Å². The van der Waals surface area contributed by atoms with E-state index in [9.17, 15) is 4.79 Å². The summed E-state index contributed by atoms with van der Waals surface area (Å²) in [6.07, 6.45) is 0. The van der Waals surface area contributed by atoms with E-state index in [0.717, 1.165) is 0 Å². The van der Waals surface area contributed by atoms with Crippen molar-refractivity contribution in [2.45, 2.75) is 13.0 Å². The first-order valence-electron chi connectivity index (χ1n) is 4.09. The maximum absolute atomic E-state index is 11.0. The Morgan fingerprint density at radius 2 is 2.38 bits per heavy atom. The van der Waals surface area contributed by atoms with Crippen molar-refractivity contribution in [3.63, 3.8) is 0 Å². The SMILES string of the molecule is COCCNC(=O)CNC(C)C#N. The minimum absolute atomic E-state index is 0.126. The molecule has 2 N–H and O–H groups in total. The molecule has 13 heavy (non-hydrogen) atoms. The number of nitrogens with zero attached hydrogens (tertiary/aromatic N) is 1. The molecule has 0 radical (unpaired) electrons. The maximum Gasteiger partial charge on any atom is 0.234 e. The number of carbonyl (C=O) groups excluding carboxylic acids is 1. The van der Waals surface area contributed by atoms with Crippen LogP contribution in [0.4, 0.5) is 0 Å². The highest BCUT2D eigenvalue weighted by molar-refractivity contribution is 5.78. The van der Waals surface area contributed by atoms with E-state index in [2.05, 4.69) is 10.6 Å². The Bertz CT molecular complexity index is 188. The summed E-state index contributed by atoms with van der Waals surface area (Å²) < 4.78 is 4.75. The first-order chi connectivity index (χ1) is 6.20. The van der Waals surface area contributed by atoms with Crippen LogP contribution in [0.15, 0.2) is 0 Å².